The Bertz CT molecular complexity index is 476. The Morgan fingerprint density at radius 1 is 1.17 bits per heavy atom. The van der Waals surface area contributed by atoms with Crippen LogP contribution in [0, 0.1) is 0 Å². The van der Waals surface area contributed by atoms with Crippen molar-refractivity contribution < 1.29 is 19.1 Å². The minimum absolute atomic E-state index is 0.241. The van der Waals surface area contributed by atoms with Gasteiger partial charge in [-0.05, 0) is 12.1 Å². The van der Waals surface area contributed by atoms with Crippen molar-refractivity contribution in [2.75, 3.05) is 14.2 Å². The summed E-state index contributed by atoms with van der Waals surface area (Å²) in [6, 6.07) is 2.88. The van der Waals surface area contributed by atoms with Crippen molar-refractivity contribution >= 4 is 23.4 Å². The SMILES string of the molecule is COc1cc(C(=O)NNC(C)=O)cc(Cl)c1OC. The summed E-state index contributed by atoms with van der Waals surface area (Å²) in [6.07, 6.45) is 0. The number of ether oxygens (including phenoxy) is 2. The molecule has 1 aromatic carbocycles. The lowest BCUT2D eigenvalue weighted by atomic mass is 10.2. The van der Waals surface area contributed by atoms with Gasteiger partial charge in [0.05, 0.1) is 19.2 Å². The van der Waals surface area contributed by atoms with Gasteiger partial charge in [-0.2, -0.15) is 0 Å². The van der Waals surface area contributed by atoms with Gasteiger partial charge in [-0.1, -0.05) is 11.6 Å². The molecular weight excluding hydrogens is 260 g/mol. The number of rotatable bonds is 3. The van der Waals surface area contributed by atoms with Crippen molar-refractivity contribution in [1.29, 1.82) is 0 Å². The molecular formula is C11H13ClN2O4. The third kappa shape index (κ3) is 3.27. The van der Waals surface area contributed by atoms with Crippen molar-refractivity contribution in [1.82, 2.24) is 10.9 Å². The summed E-state index contributed by atoms with van der Waals surface area (Å²) in [4.78, 5) is 22.4. The molecule has 0 saturated carbocycles. The standard InChI is InChI=1S/C11H13ClN2O4/c1-6(15)13-14-11(16)7-4-8(12)10(18-3)9(5-7)17-2/h4-5H,1-3H3,(H,13,15)(H,14,16). The molecule has 2 amide bonds. The number of halogens is 1. The predicted molar refractivity (Wildman–Crippen MR) is 65.8 cm³/mol. The number of nitrogens with one attached hydrogen (secondary N) is 2. The fraction of sp³-hybridized carbons (Fsp3) is 0.273. The van der Waals surface area contributed by atoms with Gasteiger partial charge in [0, 0.05) is 12.5 Å². The van der Waals surface area contributed by atoms with Crippen LogP contribution in [0.1, 0.15) is 17.3 Å². The van der Waals surface area contributed by atoms with Crippen LogP contribution in [0.5, 0.6) is 11.5 Å². The number of methoxy groups -OCH3 is 2. The quantitative estimate of drug-likeness (QED) is 0.809. The van der Waals surface area contributed by atoms with E-state index in [4.69, 9.17) is 21.1 Å². The van der Waals surface area contributed by atoms with E-state index in [2.05, 4.69) is 10.9 Å². The Morgan fingerprint density at radius 3 is 2.33 bits per heavy atom. The van der Waals surface area contributed by atoms with Crippen molar-refractivity contribution in [2.45, 2.75) is 6.92 Å². The van der Waals surface area contributed by atoms with Crippen LogP contribution in [0.25, 0.3) is 0 Å². The predicted octanol–water partition coefficient (Wildman–Crippen LogP) is 1.14. The highest BCUT2D eigenvalue weighted by Crippen LogP contribution is 2.35. The molecule has 0 fully saturated rings. The first-order valence-electron chi connectivity index (χ1n) is 4.98. The Hall–Kier alpha value is -1.95. The van der Waals surface area contributed by atoms with E-state index in [0.717, 1.165) is 0 Å². The van der Waals surface area contributed by atoms with Crippen LogP contribution in [-0.4, -0.2) is 26.0 Å². The molecule has 0 unspecified atom stereocenters. The molecule has 0 atom stereocenters. The van der Waals surface area contributed by atoms with Gasteiger partial charge < -0.3 is 9.47 Å². The summed E-state index contributed by atoms with van der Waals surface area (Å²) >= 11 is 5.95. The molecule has 1 rings (SSSR count). The lowest BCUT2D eigenvalue weighted by molar-refractivity contribution is -0.119. The first-order chi connectivity index (χ1) is 8.49. The molecule has 0 bridgehead atoms. The molecule has 7 heteroatoms. The Labute approximate surface area is 109 Å². The molecule has 18 heavy (non-hydrogen) atoms. The van der Waals surface area contributed by atoms with E-state index in [9.17, 15) is 9.59 Å². The fourth-order valence-electron chi connectivity index (χ4n) is 1.27. The van der Waals surface area contributed by atoms with Gasteiger partial charge in [-0.25, -0.2) is 0 Å². The van der Waals surface area contributed by atoms with Crippen LogP contribution in [0.3, 0.4) is 0 Å². The molecule has 0 spiro atoms. The van der Waals surface area contributed by atoms with E-state index in [1.54, 1.807) is 0 Å². The highest BCUT2D eigenvalue weighted by atomic mass is 35.5. The smallest absolute Gasteiger partial charge is 0.269 e. The largest absolute Gasteiger partial charge is 0.493 e. The third-order valence-electron chi connectivity index (χ3n) is 2.05. The number of amides is 2. The molecule has 0 aliphatic heterocycles. The molecule has 98 valence electrons. The van der Waals surface area contributed by atoms with Gasteiger partial charge in [0.25, 0.3) is 5.91 Å². The second kappa shape index (κ2) is 6.11. The molecule has 0 heterocycles. The van der Waals surface area contributed by atoms with Gasteiger partial charge in [-0.15, -0.1) is 0 Å². The van der Waals surface area contributed by atoms with Crippen molar-refractivity contribution in [2.24, 2.45) is 0 Å². The molecule has 0 aliphatic carbocycles. The maximum atomic E-state index is 11.7. The molecule has 2 N–H and O–H groups in total. The van der Waals surface area contributed by atoms with Crippen LogP contribution in [-0.2, 0) is 4.79 Å². The zero-order valence-corrected chi connectivity index (χ0v) is 10.9. The number of hydrogen-bond donors (Lipinski definition) is 2. The van der Waals surface area contributed by atoms with E-state index in [1.165, 1.54) is 33.3 Å². The van der Waals surface area contributed by atoms with Crippen LogP contribution in [0.2, 0.25) is 5.02 Å². The summed E-state index contributed by atoms with van der Waals surface area (Å²) in [5.74, 6) is -0.212. The number of hydrogen-bond acceptors (Lipinski definition) is 4. The fourth-order valence-corrected chi connectivity index (χ4v) is 1.55. The summed E-state index contributed by atoms with van der Waals surface area (Å²) in [5.41, 5.74) is 4.64. The molecule has 0 aliphatic rings. The zero-order chi connectivity index (χ0) is 13.7. The highest BCUT2D eigenvalue weighted by molar-refractivity contribution is 6.32. The van der Waals surface area contributed by atoms with E-state index in [-0.39, 0.29) is 16.5 Å². The van der Waals surface area contributed by atoms with Crippen molar-refractivity contribution in [3.8, 4) is 11.5 Å². The first kappa shape index (κ1) is 14.1. The highest BCUT2D eigenvalue weighted by Gasteiger charge is 2.15. The van der Waals surface area contributed by atoms with Crippen LogP contribution in [0.4, 0.5) is 0 Å². The number of hydrazine groups is 1. The second-order valence-corrected chi connectivity index (χ2v) is 3.74. The average Bonchev–Trinajstić information content (AvgIpc) is 2.34. The molecule has 6 nitrogen and oxygen atoms in total. The number of carbonyl (C=O) groups is 2. The van der Waals surface area contributed by atoms with Gasteiger partial charge in [-0.3, -0.25) is 20.4 Å². The summed E-state index contributed by atoms with van der Waals surface area (Å²) in [5, 5.41) is 0.241. The Balaban J connectivity index is 3.00. The Morgan fingerprint density at radius 2 is 1.83 bits per heavy atom. The van der Waals surface area contributed by atoms with E-state index in [0.29, 0.717) is 11.5 Å². The summed E-state index contributed by atoms with van der Waals surface area (Å²) < 4.78 is 10.1. The normalized spacial score (nSPS) is 9.56. The third-order valence-corrected chi connectivity index (χ3v) is 2.33. The molecule has 0 radical (unpaired) electrons. The summed E-state index contributed by atoms with van der Waals surface area (Å²) in [7, 11) is 2.88. The van der Waals surface area contributed by atoms with Crippen LogP contribution < -0.4 is 20.3 Å². The van der Waals surface area contributed by atoms with Crippen molar-refractivity contribution in [3.05, 3.63) is 22.7 Å². The maximum absolute atomic E-state index is 11.7. The van der Waals surface area contributed by atoms with E-state index in [1.807, 2.05) is 0 Å². The van der Waals surface area contributed by atoms with Gasteiger partial charge in [0.1, 0.15) is 0 Å². The first-order valence-corrected chi connectivity index (χ1v) is 5.35. The number of benzene rings is 1. The van der Waals surface area contributed by atoms with Crippen LogP contribution >= 0.6 is 11.6 Å². The van der Waals surface area contributed by atoms with Crippen LogP contribution in [0.15, 0.2) is 12.1 Å². The van der Waals surface area contributed by atoms with E-state index < -0.39 is 5.91 Å². The Kier molecular flexibility index (Phi) is 4.79. The van der Waals surface area contributed by atoms with Gasteiger partial charge in [0.15, 0.2) is 11.5 Å². The van der Waals surface area contributed by atoms with E-state index >= 15 is 0 Å². The maximum Gasteiger partial charge on any atom is 0.269 e. The summed E-state index contributed by atoms with van der Waals surface area (Å²) in [6.45, 7) is 1.28. The minimum Gasteiger partial charge on any atom is -0.493 e. The average molecular weight is 273 g/mol. The lowest BCUT2D eigenvalue weighted by Gasteiger charge is -2.11. The minimum atomic E-state index is -0.506. The van der Waals surface area contributed by atoms with Crippen molar-refractivity contribution in [3.63, 3.8) is 0 Å². The van der Waals surface area contributed by atoms with Gasteiger partial charge >= 0.3 is 0 Å². The monoisotopic (exact) mass is 272 g/mol. The number of carbonyl (C=O) groups excluding carboxylic acids is 2. The second-order valence-electron chi connectivity index (χ2n) is 3.33. The van der Waals surface area contributed by atoms with Gasteiger partial charge in [0.2, 0.25) is 5.91 Å². The molecule has 0 saturated heterocycles. The lowest BCUT2D eigenvalue weighted by Crippen LogP contribution is -2.40. The zero-order valence-electron chi connectivity index (χ0n) is 10.2. The molecule has 0 aromatic heterocycles. The topological polar surface area (TPSA) is 76.7 Å². The molecule has 1 aromatic rings.